The number of halogens is 1. The Balaban J connectivity index is 2.61. The molecule has 3 nitrogen and oxygen atoms in total. The first kappa shape index (κ1) is 12.7. The molecule has 0 aromatic carbocycles. The number of primary amides is 1. The summed E-state index contributed by atoms with van der Waals surface area (Å²) in [6.45, 7) is 6.28. The highest BCUT2D eigenvalue weighted by Gasteiger charge is 2.23. The predicted octanol–water partition coefficient (Wildman–Crippen LogP) is 2.17. The molecule has 0 atom stereocenters. The predicted molar refractivity (Wildman–Crippen MR) is 66.9 cm³/mol. The van der Waals surface area contributed by atoms with Crippen molar-refractivity contribution in [3.8, 4) is 0 Å². The zero-order valence-corrected chi connectivity index (χ0v) is 11.5. The van der Waals surface area contributed by atoms with Crippen molar-refractivity contribution in [2.24, 2.45) is 5.73 Å². The van der Waals surface area contributed by atoms with Crippen LogP contribution < -0.4 is 11.1 Å². The fourth-order valence-corrected chi connectivity index (χ4v) is 2.54. The zero-order chi connectivity index (χ0) is 11.6. The number of nitrogens with two attached hydrogens (primary N) is 1. The van der Waals surface area contributed by atoms with E-state index in [0.717, 1.165) is 4.47 Å². The number of amides is 1. The van der Waals surface area contributed by atoms with Crippen LogP contribution >= 0.6 is 27.3 Å². The Morgan fingerprint density at radius 2 is 2.27 bits per heavy atom. The Kier molecular flexibility index (Phi) is 3.92. The molecule has 0 bridgehead atoms. The minimum Gasteiger partial charge on any atom is -0.368 e. The first-order valence-corrected chi connectivity index (χ1v) is 6.23. The van der Waals surface area contributed by atoms with Crippen molar-refractivity contribution in [3.63, 3.8) is 0 Å². The van der Waals surface area contributed by atoms with E-state index < -0.39 is 5.54 Å². The quantitative estimate of drug-likeness (QED) is 0.893. The Morgan fingerprint density at radius 1 is 1.67 bits per heavy atom. The summed E-state index contributed by atoms with van der Waals surface area (Å²) in [4.78, 5) is 13.5. The van der Waals surface area contributed by atoms with Gasteiger partial charge in [0.2, 0.25) is 5.91 Å². The first-order valence-electron chi connectivity index (χ1n) is 4.62. The Labute approximate surface area is 102 Å². The Hall–Kier alpha value is -0.390. The fourth-order valence-electron chi connectivity index (χ4n) is 1.00. The van der Waals surface area contributed by atoms with Gasteiger partial charge in [0.15, 0.2) is 0 Å². The van der Waals surface area contributed by atoms with Gasteiger partial charge in [0, 0.05) is 20.8 Å². The lowest BCUT2D eigenvalue weighted by Crippen LogP contribution is -2.50. The summed E-state index contributed by atoms with van der Waals surface area (Å²) in [6.07, 6.45) is 0. The highest BCUT2D eigenvalue weighted by molar-refractivity contribution is 9.10. The Morgan fingerprint density at radius 3 is 2.67 bits per heavy atom. The third kappa shape index (κ3) is 3.29. The van der Waals surface area contributed by atoms with Crippen molar-refractivity contribution in [1.29, 1.82) is 0 Å². The highest BCUT2D eigenvalue weighted by atomic mass is 79.9. The smallest absolute Gasteiger partial charge is 0.237 e. The van der Waals surface area contributed by atoms with Gasteiger partial charge >= 0.3 is 0 Å². The average Bonchev–Trinajstić information content (AvgIpc) is 2.43. The third-order valence-corrected chi connectivity index (χ3v) is 4.37. The minimum absolute atomic E-state index is 0.338. The standard InChI is InChI=1S/C10H15BrN2OS/c1-6-8(11)4-7(15-6)5-13-10(2,3)9(12)14/h4,13H,5H2,1-3H3,(H2,12,14). The molecule has 1 amide bonds. The molecule has 3 N–H and O–H groups in total. The van der Waals surface area contributed by atoms with E-state index in [-0.39, 0.29) is 5.91 Å². The number of rotatable bonds is 4. The second-order valence-electron chi connectivity index (χ2n) is 3.96. The van der Waals surface area contributed by atoms with Gasteiger partial charge in [0.05, 0.1) is 5.54 Å². The number of carbonyl (C=O) groups is 1. The largest absolute Gasteiger partial charge is 0.368 e. The van der Waals surface area contributed by atoms with E-state index >= 15 is 0 Å². The van der Waals surface area contributed by atoms with Gasteiger partial charge in [-0.05, 0) is 42.8 Å². The van der Waals surface area contributed by atoms with Crippen LogP contribution in [0.3, 0.4) is 0 Å². The molecule has 1 heterocycles. The molecule has 0 spiro atoms. The molecule has 1 aromatic heterocycles. The molecule has 15 heavy (non-hydrogen) atoms. The van der Waals surface area contributed by atoms with E-state index in [9.17, 15) is 4.79 Å². The van der Waals surface area contributed by atoms with E-state index in [4.69, 9.17) is 5.73 Å². The van der Waals surface area contributed by atoms with Crippen LogP contribution in [0, 0.1) is 6.92 Å². The maximum Gasteiger partial charge on any atom is 0.237 e. The van der Waals surface area contributed by atoms with Gasteiger partial charge in [-0.3, -0.25) is 10.1 Å². The van der Waals surface area contributed by atoms with Crippen LogP contribution in [-0.4, -0.2) is 11.4 Å². The molecule has 5 heteroatoms. The summed E-state index contributed by atoms with van der Waals surface area (Å²) >= 11 is 5.16. The van der Waals surface area contributed by atoms with Crippen molar-refractivity contribution in [2.75, 3.05) is 0 Å². The molecule has 84 valence electrons. The minimum atomic E-state index is -0.662. The van der Waals surface area contributed by atoms with E-state index in [1.165, 1.54) is 9.75 Å². The molecular formula is C10H15BrN2OS. The van der Waals surface area contributed by atoms with Crippen molar-refractivity contribution < 1.29 is 4.79 Å². The van der Waals surface area contributed by atoms with Crippen molar-refractivity contribution in [2.45, 2.75) is 32.9 Å². The molecule has 0 aliphatic carbocycles. The Bertz CT molecular complexity index is 354. The summed E-state index contributed by atoms with van der Waals surface area (Å²) < 4.78 is 1.11. The molecule has 0 fully saturated rings. The number of carbonyl (C=O) groups excluding carboxylic acids is 1. The maximum atomic E-state index is 11.1. The lowest BCUT2D eigenvalue weighted by Gasteiger charge is -2.21. The summed E-state index contributed by atoms with van der Waals surface area (Å²) in [5.41, 5.74) is 4.60. The van der Waals surface area contributed by atoms with Crippen molar-refractivity contribution >= 4 is 33.2 Å². The van der Waals surface area contributed by atoms with Gasteiger partial charge in [0.1, 0.15) is 0 Å². The van der Waals surface area contributed by atoms with Crippen LogP contribution in [0.4, 0.5) is 0 Å². The van der Waals surface area contributed by atoms with Crippen LogP contribution in [0.5, 0.6) is 0 Å². The molecule has 0 radical (unpaired) electrons. The highest BCUT2D eigenvalue weighted by Crippen LogP contribution is 2.26. The number of aryl methyl sites for hydroxylation is 1. The number of hydrogen-bond donors (Lipinski definition) is 2. The van der Waals surface area contributed by atoms with Crippen LogP contribution in [0.15, 0.2) is 10.5 Å². The topological polar surface area (TPSA) is 55.1 Å². The molecule has 0 saturated carbocycles. The van der Waals surface area contributed by atoms with Crippen molar-refractivity contribution in [1.82, 2.24) is 5.32 Å². The number of thiophene rings is 1. The molecular weight excluding hydrogens is 276 g/mol. The molecule has 1 rings (SSSR count). The monoisotopic (exact) mass is 290 g/mol. The van der Waals surface area contributed by atoms with Crippen LogP contribution in [-0.2, 0) is 11.3 Å². The van der Waals surface area contributed by atoms with Gasteiger partial charge in [-0.2, -0.15) is 0 Å². The van der Waals surface area contributed by atoms with Crippen molar-refractivity contribution in [3.05, 3.63) is 20.3 Å². The second-order valence-corrected chi connectivity index (χ2v) is 6.15. The van der Waals surface area contributed by atoms with Gasteiger partial charge < -0.3 is 5.73 Å². The lowest BCUT2D eigenvalue weighted by atomic mass is 10.1. The maximum absolute atomic E-state index is 11.1. The molecule has 1 aromatic rings. The zero-order valence-electron chi connectivity index (χ0n) is 9.06. The first-order chi connectivity index (χ1) is 6.83. The van der Waals surface area contributed by atoms with Crippen LogP contribution in [0.2, 0.25) is 0 Å². The summed E-state index contributed by atoms with van der Waals surface area (Å²) in [5, 5.41) is 3.13. The van der Waals surface area contributed by atoms with Gasteiger partial charge in [-0.15, -0.1) is 11.3 Å². The van der Waals surface area contributed by atoms with Gasteiger partial charge in [-0.25, -0.2) is 0 Å². The average molecular weight is 291 g/mol. The second kappa shape index (κ2) is 4.63. The van der Waals surface area contributed by atoms with E-state index in [2.05, 4.69) is 34.2 Å². The summed E-state index contributed by atoms with van der Waals surface area (Å²) in [5.74, 6) is -0.338. The van der Waals surface area contributed by atoms with E-state index in [1.54, 1.807) is 25.2 Å². The summed E-state index contributed by atoms with van der Waals surface area (Å²) in [7, 11) is 0. The van der Waals surface area contributed by atoms with Gasteiger partial charge in [-0.1, -0.05) is 0 Å². The molecule has 0 saturated heterocycles. The molecule has 0 unspecified atom stereocenters. The number of nitrogens with one attached hydrogen (secondary N) is 1. The van der Waals surface area contributed by atoms with E-state index in [1.807, 2.05) is 0 Å². The summed E-state index contributed by atoms with van der Waals surface area (Å²) in [6, 6.07) is 2.06. The SMILES string of the molecule is Cc1sc(CNC(C)(C)C(N)=O)cc1Br. The normalized spacial score (nSPS) is 11.7. The van der Waals surface area contributed by atoms with E-state index in [0.29, 0.717) is 6.54 Å². The fraction of sp³-hybridized carbons (Fsp3) is 0.500. The molecule has 0 aliphatic rings. The number of hydrogen-bond acceptors (Lipinski definition) is 3. The lowest BCUT2D eigenvalue weighted by molar-refractivity contribution is -0.123. The molecule has 0 aliphatic heterocycles. The van der Waals surface area contributed by atoms with Crippen LogP contribution in [0.1, 0.15) is 23.6 Å². The van der Waals surface area contributed by atoms with Gasteiger partial charge in [0.25, 0.3) is 0 Å². The van der Waals surface area contributed by atoms with Crippen LogP contribution in [0.25, 0.3) is 0 Å². The third-order valence-electron chi connectivity index (χ3n) is 2.23.